The second kappa shape index (κ2) is 11.6. The van der Waals surface area contributed by atoms with Gasteiger partial charge < -0.3 is 25.4 Å². The first-order valence-corrected chi connectivity index (χ1v) is 14.4. The molecule has 5 aliphatic rings. The number of aromatic nitrogens is 2. The number of carboxylic acid groups (broad SMARTS) is 1. The Kier molecular flexibility index (Phi) is 8.40. The number of carbonyl (C=O) groups excluding carboxylic acids is 3. The highest BCUT2D eigenvalue weighted by atomic mass is 19.4. The number of piperidine rings is 1. The van der Waals surface area contributed by atoms with E-state index in [2.05, 4.69) is 10.6 Å². The maximum atomic E-state index is 13.5. The molecule has 0 radical (unpaired) electrons. The zero-order valence-corrected chi connectivity index (χ0v) is 23.2. The Hall–Kier alpha value is -3.36. The minimum atomic E-state index is -5.19. The van der Waals surface area contributed by atoms with E-state index in [1.807, 2.05) is 28.8 Å². The smallest absolute Gasteiger partial charge is 0.471 e. The molecule has 2 amide bonds. The van der Waals surface area contributed by atoms with Crippen molar-refractivity contribution >= 4 is 23.3 Å². The number of hydrogen-bond acceptors (Lipinski definition) is 5. The van der Waals surface area contributed by atoms with Crippen molar-refractivity contribution < 1.29 is 50.7 Å². The Morgan fingerprint density at radius 3 is 2.02 bits per heavy atom. The Morgan fingerprint density at radius 1 is 0.953 bits per heavy atom. The summed E-state index contributed by atoms with van der Waals surface area (Å²) in [4.78, 5) is 39.6. The van der Waals surface area contributed by atoms with Gasteiger partial charge in [0.15, 0.2) is 0 Å². The van der Waals surface area contributed by atoms with Gasteiger partial charge in [-0.3, -0.25) is 14.0 Å². The van der Waals surface area contributed by atoms with Crippen molar-refractivity contribution in [2.45, 2.75) is 81.8 Å². The maximum Gasteiger partial charge on any atom is 0.471 e. The molecule has 0 atom stereocenters. The van der Waals surface area contributed by atoms with E-state index in [0.29, 0.717) is 38.3 Å². The second-order valence-corrected chi connectivity index (χ2v) is 12.4. The summed E-state index contributed by atoms with van der Waals surface area (Å²) >= 11 is 0. The predicted molar refractivity (Wildman–Crippen MR) is 136 cm³/mol. The molecule has 0 aromatic carbocycles. The monoisotopic (exact) mass is 617 g/mol. The molecule has 0 spiro atoms. The largest absolute Gasteiger partial charge is 0.542 e. The number of rotatable bonds is 5. The van der Waals surface area contributed by atoms with E-state index in [0.717, 1.165) is 48.2 Å². The van der Waals surface area contributed by atoms with Gasteiger partial charge in [-0.15, -0.1) is 0 Å². The van der Waals surface area contributed by atoms with Gasteiger partial charge in [-0.2, -0.15) is 26.3 Å². The fourth-order valence-corrected chi connectivity index (χ4v) is 7.80. The summed E-state index contributed by atoms with van der Waals surface area (Å²) < 4.78 is 71.1. The lowest BCUT2D eigenvalue weighted by Gasteiger charge is -2.56. The number of carbonyl (C=O) groups is 3. The summed E-state index contributed by atoms with van der Waals surface area (Å²) in [5, 5.41) is 14.3. The van der Waals surface area contributed by atoms with E-state index < -0.39 is 30.3 Å². The molecule has 3 N–H and O–H groups in total. The predicted octanol–water partition coefficient (Wildman–Crippen LogP) is 1.56. The van der Waals surface area contributed by atoms with E-state index in [1.54, 1.807) is 0 Å². The zero-order valence-electron chi connectivity index (χ0n) is 23.2. The van der Waals surface area contributed by atoms with Crippen molar-refractivity contribution in [1.82, 2.24) is 20.0 Å². The fraction of sp³-hybridized carbons (Fsp3) is 0.643. The van der Waals surface area contributed by atoms with E-state index in [1.165, 1.54) is 24.2 Å². The first-order valence-electron chi connectivity index (χ1n) is 14.4. The highest BCUT2D eigenvalue weighted by Crippen LogP contribution is 2.55. The average molecular weight is 618 g/mol. The number of halogens is 6. The summed E-state index contributed by atoms with van der Waals surface area (Å²) in [5.41, 5.74) is 1.60. The lowest BCUT2D eigenvalue weighted by molar-refractivity contribution is -0.919. The van der Waals surface area contributed by atoms with Crippen LogP contribution in [0.1, 0.15) is 67.7 Å². The topological polar surface area (TPSA) is 120 Å². The van der Waals surface area contributed by atoms with Crippen molar-refractivity contribution in [3.8, 4) is 0 Å². The zero-order chi connectivity index (χ0) is 31.2. The van der Waals surface area contributed by atoms with Gasteiger partial charge in [0.25, 0.3) is 5.91 Å². The van der Waals surface area contributed by atoms with Crippen molar-refractivity contribution in [3.63, 3.8) is 0 Å². The number of quaternary nitrogens is 1. The molecule has 1 aliphatic heterocycles. The lowest BCUT2D eigenvalue weighted by atomic mass is 9.53. The number of amides is 2. The summed E-state index contributed by atoms with van der Waals surface area (Å²) in [6.45, 7) is 1.84. The van der Waals surface area contributed by atoms with Crippen LogP contribution in [0.15, 0.2) is 24.4 Å². The van der Waals surface area contributed by atoms with Gasteiger partial charge in [0, 0.05) is 30.6 Å². The molecule has 3 heterocycles. The molecule has 5 fully saturated rings. The molecule has 4 bridgehead atoms. The van der Waals surface area contributed by atoms with Crippen LogP contribution in [0.25, 0.3) is 5.52 Å². The number of imidazole rings is 1. The molecule has 7 rings (SSSR count). The number of carboxylic acids is 1. The van der Waals surface area contributed by atoms with E-state index in [9.17, 15) is 35.9 Å². The number of fused-ring (bicyclic) bond motifs is 1. The van der Waals surface area contributed by atoms with Gasteiger partial charge in [0.1, 0.15) is 18.2 Å². The fourth-order valence-electron chi connectivity index (χ4n) is 7.80. The number of pyridine rings is 1. The number of hydrogen-bond donors (Lipinski definition) is 3. The Morgan fingerprint density at radius 2 is 1.51 bits per heavy atom. The van der Waals surface area contributed by atoms with Crippen LogP contribution >= 0.6 is 0 Å². The maximum absolute atomic E-state index is 13.5. The standard InChI is InChI=1S/C26H32F3N5O2.C2HF3O2/c27-26(28,29)24(36)30-19-4-7-33(8-5-19)15-20-21-3-1-2-6-34(21)22(31-20)23(35)32-25-12-16-9-17(13-25)11-18(10-16)14-25;3-2(4,5)1(6)7/h1-3,6,16-19H,4-5,7-15H2,(H,30,36)(H,32,35);(H,6,7). The van der Waals surface area contributed by atoms with Crippen LogP contribution in [0.2, 0.25) is 0 Å². The number of likely N-dealkylation sites (tertiary alicyclic amines) is 1. The van der Waals surface area contributed by atoms with Crippen LogP contribution in [0, 0.1) is 17.8 Å². The molecule has 15 heteroatoms. The van der Waals surface area contributed by atoms with Gasteiger partial charge in [-0.05, 0) is 68.4 Å². The highest BCUT2D eigenvalue weighted by molar-refractivity contribution is 5.92. The van der Waals surface area contributed by atoms with Gasteiger partial charge in [0.2, 0.25) is 5.82 Å². The summed E-state index contributed by atoms with van der Waals surface area (Å²) in [7, 11) is 0. The van der Waals surface area contributed by atoms with Gasteiger partial charge in [-0.1, -0.05) is 6.07 Å². The highest BCUT2D eigenvalue weighted by Gasteiger charge is 2.52. The second-order valence-electron chi connectivity index (χ2n) is 12.4. The molecule has 236 valence electrons. The van der Waals surface area contributed by atoms with E-state index in [4.69, 9.17) is 14.9 Å². The molecule has 9 nitrogen and oxygen atoms in total. The summed E-state index contributed by atoms with van der Waals surface area (Å²) in [5.74, 6) is -2.39. The van der Waals surface area contributed by atoms with Crippen molar-refractivity contribution in [2.24, 2.45) is 17.8 Å². The van der Waals surface area contributed by atoms with Crippen molar-refractivity contribution in [1.29, 1.82) is 0 Å². The number of nitrogens with one attached hydrogen (secondary N) is 3. The Balaban J connectivity index is 0.000000472. The molecule has 43 heavy (non-hydrogen) atoms. The molecular weight excluding hydrogens is 584 g/mol. The van der Waals surface area contributed by atoms with E-state index >= 15 is 0 Å². The third kappa shape index (κ3) is 7.07. The lowest BCUT2D eigenvalue weighted by Crippen LogP contribution is -3.12. The Labute approximate surface area is 243 Å². The van der Waals surface area contributed by atoms with Crippen LogP contribution in [0.5, 0.6) is 0 Å². The van der Waals surface area contributed by atoms with Gasteiger partial charge in [-0.25, -0.2) is 4.98 Å². The first kappa shape index (κ1) is 31.1. The quantitative estimate of drug-likeness (QED) is 0.440. The Bertz CT molecular complexity index is 1330. The van der Waals surface area contributed by atoms with Crippen LogP contribution in [-0.2, 0) is 16.1 Å². The molecule has 4 saturated carbocycles. The average Bonchev–Trinajstić information content (AvgIpc) is 3.26. The van der Waals surface area contributed by atoms with Crippen molar-refractivity contribution in [3.05, 3.63) is 35.9 Å². The van der Waals surface area contributed by atoms with E-state index in [-0.39, 0.29) is 11.4 Å². The van der Waals surface area contributed by atoms with Crippen LogP contribution < -0.4 is 20.6 Å². The summed E-state index contributed by atoms with van der Waals surface area (Å²) in [6, 6.07) is 5.31. The SMILES string of the molecule is O=C(NC12CC3CC(CC(C3)C1)C2)c1nc(C[NH+]2CCC(NC(=O)C(F)(F)F)CC2)c2ccccn12.O=C([O-])C(F)(F)F. The van der Waals surface area contributed by atoms with Crippen LogP contribution in [-0.4, -0.2) is 64.2 Å². The van der Waals surface area contributed by atoms with Crippen molar-refractivity contribution in [2.75, 3.05) is 13.1 Å². The third-order valence-electron chi connectivity index (χ3n) is 9.18. The van der Waals surface area contributed by atoms with Crippen LogP contribution in [0.3, 0.4) is 0 Å². The third-order valence-corrected chi connectivity index (χ3v) is 9.18. The minimum absolute atomic E-state index is 0.0966. The molecule has 4 aliphatic carbocycles. The molecule has 0 unspecified atom stereocenters. The summed E-state index contributed by atoms with van der Waals surface area (Å²) in [6.07, 6.45) is -0.0762. The van der Waals surface area contributed by atoms with Gasteiger partial charge >= 0.3 is 18.3 Å². The first-order chi connectivity index (χ1) is 20.1. The molecule has 1 saturated heterocycles. The molecular formula is C28H33F6N5O4. The molecule has 2 aromatic heterocycles. The molecule has 2 aromatic rings. The normalized spacial score (nSPS) is 30.0. The number of nitrogens with zero attached hydrogens (tertiary/aromatic N) is 2. The number of aliphatic carboxylic acids is 1. The minimum Gasteiger partial charge on any atom is -0.542 e. The number of alkyl halides is 6. The van der Waals surface area contributed by atoms with Crippen LogP contribution in [0.4, 0.5) is 26.3 Å². The van der Waals surface area contributed by atoms with Gasteiger partial charge in [0.05, 0.1) is 18.6 Å².